The van der Waals surface area contributed by atoms with Crippen molar-refractivity contribution in [1.29, 1.82) is 0 Å². The second-order valence-corrected chi connectivity index (χ2v) is 5.78. The molecular weight excluding hydrogens is 312 g/mol. The highest BCUT2D eigenvalue weighted by atomic mass is 79.9. The van der Waals surface area contributed by atoms with Crippen molar-refractivity contribution in [3.05, 3.63) is 50.6 Å². The minimum Gasteiger partial charge on any atom is -0.398 e. The van der Waals surface area contributed by atoms with Crippen LogP contribution in [-0.2, 0) is 0 Å². The maximum Gasteiger partial charge on any atom is 0.251 e. The zero-order chi connectivity index (χ0) is 13.1. The van der Waals surface area contributed by atoms with Crippen LogP contribution < -0.4 is 11.1 Å². The van der Waals surface area contributed by atoms with Crippen molar-refractivity contribution in [2.75, 3.05) is 5.73 Å². The van der Waals surface area contributed by atoms with E-state index in [9.17, 15) is 4.79 Å². The van der Waals surface area contributed by atoms with E-state index in [-0.39, 0.29) is 11.9 Å². The van der Waals surface area contributed by atoms with Crippen LogP contribution in [0.3, 0.4) is 0 Å². The number of halogens is 1. The van der Waals surface area contributed by atoms with E-state index in [4.69, 9.17) is 5.73 Å². The van der Waals surface area contributed by atoms with Gasteiger partial charge in [-0.25, -0.2) is 0 Å². The maximum atomic E-state index is 12.0. The largest absolute Gasteiger partial charge is 0.398 e. The normalized spacial score (nSPS) is 12.1. The monoisotopic (exact) mass is 324 g/mol. The fourth-order valence-electron chi connectivity index (χ4n) is 1.56. The van der Waals surface area contributed by atoms with Gasteiger partial charge in [0.1, 0.15) is 0 Å². The van der Waals surface area contributed by atoms with Gasteiger partial charge in [0.05, 0.1) is 6.04 Å². The molecule has 2 rings (SSSR count). The zero-order valence-electron chi connectivity index (χ0n) is 9.81. The predicted molar refractivity (Wildman–Crippen MR) is 78.8 cm³/mol. The van der Waals surface area contributed by atoms with Crippen LogP contribution in [0.2, 0.25) is 0 Å². The third-order valence-corrected chi connectivity index (χ3v) is 4.32. The summed E-state index contributed by atoms with van der Waals surface area (Å²) in [6, 6.07) is 9.16. The third-order valence-electron chi connectivity index (χ3n) is 2.58. The summed E-state index contributed by atoms with van der Waals surface area (Å²) in [5, 5.41) is 4.95. The second kappa shape index (κ2) is 5.54. The number of carbonyl (C=O) groups excluding carboxylic acids is 1. The predicted octanol–water partition coefficient (Wildman–Crippen LogP) is 3.58. The average molecular weight is 325 g/mol. The van der Waals surface area contributed by atoms with Gasteiger partial charge in [-0.3, -0.25) is 4.79 Å². The molecule has 0 spiro atoms. The van der Waals surface area contributed by atoms with Gasteiger partial charge >= 0.3 is 0 Å². The fraction of sp³-hybridized carbons (Fsp3) is 0.154. The Hall–Kier alpha value is -1.33. The van der Waals surface area contributed by atoms with Crippen molar-refractivity contribution < 1.29 is 4.79 Å². The summed E-state index contributed by atoms with van der Waals surface area (Å²) in [5.74, 6) is -0.100. The zero-order valence-corrected chi connectivity index (χ0v) is 12.2. The number of anilines is 1. The molecule has 5 heteroatoms. The Morgan fingerprint density at radius 1 is 1.44 bits per heavy atom. The summed E-state index contributed by atoms with van der Waals surface area (Å²) in [4.78, 5) is 13.2. The van der Waals surface area contributed by atoms with E-state index in [1.807, 2.05) is 24.4 Å². The molecule has 1 heterocycles. The van der Waals surface area contributed by atoms with Crippen molar-refractivity contribution in [1.82, 2.24) is 5.32 Å². The Morgan fingerprint density at radius 3 is 2.83 bits per heavy atom. The molecule has 1 aromatic heterocycles. The van der Waals surface area contributed by atoms with Gasteiger partial charge in [0, 0.05) is 20.6 Å². The summed E-state index contributed by atoms with van der Waals surface area (Å²) in [5.41, 5.74) is 6.91. The molecule has 1 amide bonds. The lowest BCUT2D eigenvalue weighted by Crippen LogP contribution is -2.26. The Balaban J connectivity index is 2.10. The van der Waals surface area contributed by atoms with Gasteiger partial charge in [-0.2, -0.15) is 0 Å². The van der Waals surface area contributed by atoms with E-state index in [1.165, 1.54) is 0 Å². The van der Waals surface area contributed by atoms with E-state index in [2.05, 4.69) is 21.2 Å². The summed E-state index contributed by atoms with van der Waals surface area (Å²) in [6.07, 6.45) is 0. The molecule has 0 aliphatic heterocycles. The van der Waals surface area contributed by atoms with Crippen LogP contribution in [0, 0.1) is 0 Å². The van der Waals surface area contributed by atoms with Crippen LogP contribution in [0.1, 0.15) is 28.2 Å². The van der Waals surface area contributed by atoms with Crippen molar-refractivity contribution in [2.24, 2.45) is 0 Å². The van der Waals surface area contributed by atoms with Crippen LogP contribution in [0.15, 0.2) is 40.2 Å². The lowest BCUT2D eigenvalue weighted by Gasteiger charge is -2.12. The van der Waals surface area contributed by atoms with Crippen LogP contribution in [0.25, 0.3) is 0 Å². The van der Waals surface area contributed by atoms with E-state index in [0.717, 1.165) is 9.35 Å². The Morgan fingerprint density at radius 2 is 2.22 bits per heavy atom. The van der Waals surface area contributed by atoms with Crippen LogP contribution in [-0.4, -0.2) is 5.91 Å². The molecule has 0 saturated carbocycles. The molecule has 18 heavy (non-hydrogen) atoms. The van der Waals surface area contributed by atoms with E-state index < -0.39 is 0 Å². The maximum absolute atomic E-state index is 12.0. The molecule has 2 aromatic rings. The number of hydrogen-bond acceptors (Lipinski definition) is 3. The molecule has 3 N–H and O–H groups in total. The summed E-state index contributed by atoms with van der Waals surface area (Å²) >= 11 is 4.95. The fourth-order valence-corrected chi connectivity index (χ4v) is 2.67. The van der Waals surface area contributed by atoms with Crippen molar-refractivity contribution in [2.45, 2.75) is 13.0 Å². The van der Waals surface area contributed by atoms with Crippen molar-refractivity contribution in [3.8, 4) is 0 Å². The quantitative estimate of drug-likeness (QED) is 0.848. The van der Waals surface area contributed by atoms with Gasteiger partial charge < -0.3 is 11.1 Å². The molecule has 0 saturated heterocycles. The number of rotatable bonds is 3. The van der Waals surface area contributed by atoms with Gasteiger partial charge in [0.2, 0.25) is 0 Å². The molecule has 1 atom stereocenters. The molecule has 3 nitrogen and oxygen atoms in total. The van der Waals surface area contributed by atoms with Crippen molar-refractivity contribution >= 4 is 38.9 Å². The lowest BCUT2D eigenvalue weighted by molar-refractivity contribution is 0.0940. The first-order valence-corrected chi connectivity index (χ1v) is 7.14. The molecule has 0 fully saturated rings. The molecule has 0 aliphatic carbocycles. The van der Waals surface area contributed by atoms with Crippen LogP contribution >= 0.6 is 27.3 Å². The van der Waals surface area contributed by atoms with E-state index in [1.54, 1.807) is 29.5 Å². The number of amides is 1. The first-order valence-electron chi connectivity index (χ1n) is 5.47. The Bertz CT molecular complexity index is 554. The Labute approximate surface area is 118 Å². The number of carbonyl (C=O) groups is 1. The number of nitrogen functional groups attached to an aromatic ring is 1. The number of nitrogens with two attached hydrogens (primary N) is 1. The highest BCUT2D eigenvalue weighted by molar-refractivity contribution is 9.10. The van der Waals surface area contributed by atoms with Gasteiger partial charge in [-0.05, 0) is 52.5 Å². The molecule has 0 unspecified atom stereocenters. The molecule has 0 radical (unpaired) electrons. The number of benzene rings is 1. The molecule has 94 valence electrons. The highest BCUT2D eigenvalue weighted by Gasteiger charge is 2.12. The van der Waals surface area contributed by atoms with Gasteiger partial charge in [0.15, 0.2) is 0 Å². The van der Waals surface area contributed by atoms with Gasteiger partial charge in [0.25, 0.3) is 5.91 Å². The topological polar surface area (TPSA) is 55.1 Å². The second-order valence-electron chi connectivity index (χ2n) is 3.95. The van der Waals surface area contributed by atoms with Crippen molar-refractivity contribution in [3.63, 3.8) is 0 Å². The van der Waals surface area contributed by atoms with Gasteiger partial charge in [-0.1, -0.05) is 6.07 Å². The molecule has 0 aliphatic rings. The van der Waals surface area contributed by atoms with Gasteiger partial charge in [-0.15, -0.1) is 11.3 Å². The minimum absolute atomic E-state index is 0.00817. The van der Waals surface area contributed by atoms with E-state index in [0.29, 0.717) is 11.3 Å². The smallest absolute Gasteiger partial charge is 0.251 e. The Kier molecular flexibility index (Phi) is 4.04. The summed E-state index contributed by atoms with van der Waals surface area (Å²) in [7, 11) is 0. The summed E-state index contributed by atoms with van der Waals surface area (Å²) < 4.78 is 0.735. The highest BCUT2D eigenvalue weighted by Crippen LogP contribution is 2.22. The first-order chi connectivity index (χ1) is 8.58. The SMILES string of the molecule is C[C@H](NC(=O)c1ccc(N)c(Br)c1)c1cccs1. The average Bonchev–Trinajstić information content (AvgIpc) is 2.86. The van der Waals surface area contributed by atoms with Crippen LogP contribution in [0.5, 0.6) is 0 Å². The minimum atomic E-state index is -0.100. The van der Waals surface area contributed by atoms with E-state index >= 15 is 0 Å². The molecule has 0 bridgehead atoms. The number of thiophene rings is 1. The third kappa shape index (κ3) is 2.91. The van der Waals surface area contributed by atoms with Crippen LogP contribution in [0.4, 0.5) is 5.69 Å². The molecular formula is C13H13BrN2OS. The lowest BCUT2D eigenvalue weighted by atomic mass is 10.2. The number of nitrogens with one attached hydrogen (secondary N) is 1. The molecule has 1 aromatic carbocycles. The standard InChI is InChI=1S/C13H13BrN2OS/c1-8(12-3-2-6-18-12)16-13(17)9-4-5-11(15)10(14)7-9/h2-8H,15H2,1H3,(H,16,17)/t8-/m0/s1. The number of hydrogen-bond donors (Lipinski definition) is 2. The first kappa shape index (κ1) is 13.1. The summed E-state index contributed by atoms with van der Waals surface area (Å²) in [6.45, 7) is 1.97.